The highest BCUT2D eigenvalue weighted by atomic mass is 35.5. The fourth-order valence-electron chi connectivity index (χ4n) is 2.04. The molecular weight excluding hydrogens is 251 g/mol. The number of imidazole rings is 1. The molecule has 0 aliphatic rings. The molecular formula is C14H17ClFN2+. The van der Waals surface area contributed by atoms with Gasteiger partial charge in [-0.2, -0.15) is 0 Å². The molecule has 0 aliphatic heterocycles. The molecule has 2 rings (SSSR count). The number of aryl methyl sites for hydroxylation is 1. The Bertz CT molecular complexity index is 528. The number of hydrogen-bond donors (Lipinski definition) is 0. The van der Waals surface area contributed by atoms with E-state index in [9.17, 15) is 4.39 Å². The normalized spacial score (nSPS) is 10.9. The molecule has 0 amide bonds. The molecule has 0 saturated heterocycles. The number of halogens is 2. The fraction of sp³-hybridized carbons (Fsp3) is 0.357. The van der Waals surface area contributed by atoms with Gasteiger partial charge in [-0.15, -0.1) is 0 Å². The van der Waals surface area contributed by atoms with Crippen molar-refractivity contribution >= 4 is 11.6 Å². The van der Waals surface area contributed by atoms with E-state index >= 15 is 0 Å². The van der Waals surface area contributed by atoms with E-state index in [1.165, 1.54) is 6.07 Å². The minimum Gasteiger partial charge on any atom is -0.234 e. The van der Waals surface area contributed by atoms with E-state index in [0.717, 1.165) is 18.8 Å². The van der Waals surface area contributed by atoms with Crippen LogP contribution in [0, 0.1) is 12.7 Å². The van der Waals surface area contributed by atoms with E-state index in [2.05, 4.69) is 11.5 Å². The summed E-state index contributed by atoms with van der Waals surface area (Å²) in [4.78, 5) is 0. The topological polar surface area (TPSA) is 8.81 Å². The van der Waals surface area contributed by atoms with Gasteiger partial charge in [0.1, 0.15) is 24.8 Å². The van der Waals surface area contributed by atoms with Crippen LogP contribution in [0.2, 0.25) is 5.02 Å². The van der Waals surface area contributed by atoms with Crippen molar-refractivity contribution < 1.29 is 8.96 Å². The van der Waals surface area contributed by atoms with Crippen molar-refractivity contribution in [1.29, 1.82) is 0 Å². The molecule has 96 valence electrons. The van der Waals surface area contributed by atoms with Gasteiger partial charge in [0.05, 0.1) is 11.6 Å². The van der Waals surface area contributed by atoms with Crippen LogP contribution < -0.4 is 4.57 Å². The van der Waals surface area contributed by atoms with Crippen LogP contribution in [0.3, 0.4) is 0 Å². The summed E-state index contributed by atoms with van der Waals surface area (Å²) in [6.07, 6.45) is 5.07. The maximum atomic E-state index is 13.7. The first-order chi connectivity index (χ1) is 8.63. The van der Waals surface area contributed by atoms with Crippen molar-refractivity contribution in [2.45, 2.75) is 33.4 Å². The first-order valence-corrected chi connectivity index (χ1v) is 6.49. The summed E-state index contributed by atoms with van der Waals surface area (Å²) in [6.45, 7) is 5.61. The van der Waals surface area contributed by atoms with Crippen LogP contribution in [-0.2, 0) is 13.1 Å². The molecule has 0 atom stereocenters. The summed E-state index contributed by atoms with van der Waals surface area (Å²) >= 11 is 6.04. The van der Waals surface area contributed by atoms with E-state index in [4.69, 9.17) is 11.6 Å². The lowest BCUT2D eigenvalue weighted by Gasteiger charge is -2.04. The predicted octanol–water partition coefficient (Wildman–Crippen LogP) is 3.33. The van der Waals surface area contributed by atoms with E-state index in [1.54, 1.807) is 12.1 Å². The largest absolute Gasteiger partial charge is 0.253 e. The molecule has 0 unspecified atom stereocenters. The van der Waals surface area contributed by atoms with Crippen molar-refractivity contribution in [3.05, 3.63) is 52.8 Å². The zero-order valence-electron chi connectivity index (χ0n) is 10.7. The van der Waals surface area contributed by atoms with Crippen LogP contribution in [0.25, 0.3) is 0 Å². The Balaban J connectivity index is 2.29. The third-order valence-electron chi connectivity index (χ3n) is 3.11. The highest BCUT2D eigenvalue weighted by Crippen LogP contribution is 2.18. The molecule has 0 radical (unpaired) electrons. The van der Waals surface area contributed by atoms with Crippen LogP contribution in [0.5, 0.6) is 0 Å². The second-order valence-corrected chi connectivity index (χ2v) is 4.77. The Morgan fingerprint density at radius 2 is 2.17 bits per heavy atom. The van der Waals surface area contributed by atoms with Gasteiger partial charge >= 0.3 is 0 Å². The zero-order valence-corrected chi connectivity index (χ0v) is 11.4. The molecule has 0 spiro atoms. The average molecular weight is 268 g/mol. The SMILES string of the molecule is CCCn1cc[n+](Cc2c(F)cccc2Cl)c1C. The van der Waals surface area contributed by atoms with Crippen LogP contribution in [0.1, 0.15) is 24.7 Å². The minimum absolute atomic E-state index is 0.252. The Labute approximate surface area is 112 Å². The molecule has 2 aromatic rings. The number of hydrogen-bond acceptors (Lipinski definition) is 0. The van der Waals surface area contributed by atoms with Gasteiger partial charge in [-0.1, -0.05) is 24.6 Å². The van der Waals surface area contributed by atoms with Crippen molar-refractivity contribution in [3.63, 3.8) is 0 Å². The Morgan fingerprint density at radius 3 is 2.83 bits per heavy atom. The Morgan fingerprint density at radius 1 is 1.39 bits per heavy atom. The smallest absolute Gasteiger partial charge is 0.234 e. The summed E-state index contributed by atoms with van der Waals surface area (Å²) in [5, 5.41) is 0.477. The summed E-state index contributed by atoms with van der Waals surface area (Å²) < 4.78 is 17.9. The molecule has 1 aromatic heterocycles. The third kappa shape index (κ3) is 2.56. The van der Waals surface area contributed by atoms with Crippen LogP contribution >= 0.6 is 11.6 Å². The van der Waals surface area contributed by atoms with Crippen molar-refractivity contribution in [2.75, 3.05) is 0 Å². The van der Waals surface area contributed by atoms with Gasteiger partial charge < -0.3 is 0 Å². The quantitative estimate of drug-likeness (QED) is 0.752. The number of nitrogens with zero attached hydrogens (tertiary/aromatic N) is 2. The van der Waals surface area contributed by atoms with Crippen molar-refractivity contribution in [1.82, 2.24) is 4.57 Å². The summed E-state index contributed by atoms with van der Waals surface area (Å²) in [7, 11) is 0. The fourth-order valence-corrected chi connectivity index (χ4v) is 2.26. The molecule has 1 heterocycles. The highest BCUT2D eigenvalue weighted by molar-refractivity contribution is 6.31. The molecule has 0 fully saturated rings. The van der Waals surface area contributed by atoms with E-state index < -0.39 is 0 Å². The third-order valence-corrected chi connectivity index (χ3v) is 3.47. The number of benzene rings is 1. The van der Waals surface area contributed by atoms with Gasteiger partial charge in [0.25, 0.3) is 5.82 Å². The minimum atomic E-state index is -0.252. The highest BCUT2D eigenvalue weighted by Gasteiger charge is 2.15. The lowest BCUT2D eigenvalue weighted by molar-refractivity contribution is -0.694. The lowest BCUT2D eigenvalue weighted by Crippen LogP contribution is -2.36. The zero-order chi connectivity index (χ0) is 13.1. The summed E-state index contributed by atoms with van der Waals surface area (Å²) in [6, 6.07) is 4.79. The van der Waals surface area contributed by atoms with E-state index in [1.807, 2.05) is 23.9 Å². The number of rotatable bonds is 4. The van der Waals surface area contributed by atoms with Crippen LogP contribution in [-0.4, -0.2) is 4.57 Å². The van der Waals surface area contributed by atoms with E-state index in [0.29, 0.717) is 17.1 Å². The molecule has 0 bridgehead atoms. The second-order valence-electron chi connectivity index (χ2n) is 4.37. The van der Waals surface area contributed by atoms with Gasteiger partial charge in [0, 0.05) is 12.5 Å². The second kappa shape index (κ2) is 5.53. The van der Waals surface area contributed by atoms with Gasteiger partial charge in [0.15, 0.2) is 0 Å². The summed E-state index contributed by atoms with van der Waals surface area (Å²) in [5.41, 5.74) is 0.543. The van der Waals surface area contributed by atoms with Gasteiger partial charge in [-0.25, -0.2) is 13.5 Å². The molecule has 0 aliphatic carbocycles. The molecule has 1 aromatic carbocycles. The van der Waals surface area contributed by atoms with Crippen LogP contribution in [0.4, 0.5) is 4.39 Å². The maximum Gasteiger partial charge on any atom is 0.253 e. The Hall–Kier alpha value is -1.35. The van der Waals surface area contributed by atoms with Crippen molar-refractivity contribution in [2.24, 2.45) is 0 Å². The Kier molecular flexibility index (Phi) is 4.02. The number of aromatic nitrogens is 2. The molecule has 2 nitrogen and oxygen atoms in total. The standard InChI is InChI=1S/C14H17ClFN2/c1-3-7-17-8-9-18(11(17)2)10-12-13(15)5-4-6-14(12)16/h4-6,8-9H,3,7,10H2,1-2H3/q+1. The first kappa shape index (κ1) is 13.1. The molecule has 0 saturated carbocycles. The van der Waals surface area contributed by atoms with E-state index in [-0.39, 0.29) is 5.82 Å². The van der Waals surface area contributed by atoms with Gasteiger partial charge in [-0.05, 0) is 18.6 Å². The molecule has 0 N–H and O–H groups in total. The van der Waals surface area contributed by atoms with Crippen LogP contribution in [0.15, 0.2) is 30.6 Å². The summed E-state index contributed by atoms with van der Waals surface area (Å²) in [5.74, 6) is 0.855. The van der Waals surface area contributed by atoms with Gasteiger partial charge in [0.2, 0.25) is 0 Å². The predicted molar refractivity (Wildman–Crippen MR) is 70.2 cm³/mol. The average Bonchev–Trinajstić information content (AvgIpc) is 2.67. The monoisotopic (exact) mass is 267 g/mol. The lowest BCUT2D eigenvalue weighted by atomic mass is 10.2. The van der Waals surface area contributed by atoms with Gasteiger partial charge in [-0.3, -0.25) is 0 Å². The maximum absolute atomic E-state index is 13.7. The first-order valence-electron chi connectivity index (χ1n) is 6.11. The molecule has 4 heteroatoms. The van der Waals surface area contributed by atoms with Crippen molar-refractivity contribution in [3.8, 4) is 0 Å². The molecule has 18 heavy (non-hydrogen) atoms.